The van der Waals surface area contributed by atoms with Crippen molar-refractivity contribution in [3.05, 3.63) is 53.7 Å². The molecule has 0 N–H and O–H groups in total. The van der Waals surface area contributed by atoms with Crippen LogP contribution in [0, 0.1) is 5.92 Å². The van der Waals surface area contributed by atoms with Crippen LogP contribution >= 0.6 is 0 Å². The molecular weight excluding hydrogens is 352 g/mol. The first-order valence-electron chi connectivity index (χ1n) is 9.96. The van der Waals surface area contributed by atoms with Gasteiger partial charge in [0, 0.05) is 49.8 Å². The first-order chi connectivity index (χ1) is 13.7. The second kappa shape index (κ2) is 6.89. The van der Waals surface area contributed by atoms with E-state index in [1.54, 1.807) is 6.33 Å². The highest BCUT2D eigenvalue weighted by Gasteiger charge is 2.31. The zero-order valence-corrected chi connectivity index (χ0v) is 16.1. The number of carbonyl (C=O) groups excluding carboxylic acids is 1. The molecule has 2 aliphatic rings. The van der Waals surface area contributed by atoms with Crippen LogP contribution in [0.1, 0.15) is 23.5 Å². The second-order valence-electron chi connectivity index (χ2n) is 7.68. The molecule has 7 heteroatoms. The normalized spacial score (nSPS) is 19.0. The largest absolute Gasteiger partial charge is 0.342 e. The Hall–Kier alpha value is -2.96. The highest BCUT2D eigenvalue weighted by molar-refractivity contribution is 5.79. The van der Waals surface area contributed by atoms with Gasteiger partial charge >= 0.3 is 0 Å². The van der Waals surface area contributed by atoms with Crippen molar-refractivity contribution in [1.82, 2.24) is 29.4 Å². The molecule has 7 nitrogen and oxygen atoms in total. The van der Waals surface area contributed by atoms with Crippen LogP contribution in [0.25, 0.3) is 11.3 Å². The van der Waals surface area contributed by atoms with Gasteiger partial charge in [0.1, 0.15) is 12.2 Å². The van der Waals surface area contributed by atoms with Gasteiger partial charge in [0.25, 0.3) is 0 Å². The number of benzene rings is 1. The molecule has 2 aromatic heterocycles. The summed E-state index contributed by atoms with van der Waals surface area (Å²) in [5, 5.41) is 9.03. The summed E-state index contributed by atoms with van der Waals surface area (Å²) < 4.78 is 3.88. The quantitative estimate of drug-likeness (QED) is 0.685. The van der Waals surface area contributed by atoms with Crippen LogP contribution in [0.2, 0.25) is 0 Å². The first kappa shape index (κ1) is 17.2. The Morgan fingerprint density at radius 1 is 1.11 bits per heavy atom. The van der Waals surface area contributed by atoms with E-state index in [9.17, 15) is 4.79 Å². The number of amides is 1. The molecule has 1 amide bonds. The van der Waals surface area contributed by atoms with Crippen molar-refractivity contribution >= 4 is 5.91 Å². The van der Waals surface area contributed by atoms with Gasteiger partial charge in [-0.25, -0.2) is 9.67 Å². The lowest BCUT2D eigenvalue weighted by Gasteiger charge is -2.28. The Morgan fingerprint density at radius 2 is 1.93 bits per heavy atom. The van der Waals surface area contributed by atoms with E-state index in [-0.39, 0.29) is 11.8 Å². The topological polar surface area (TPSA) is 68.8 Å². The lowest BCUT2D eigenvalue weighted by Crippen LogP contribution is -2.41. The van der Waals surface area contributed by atoms with Gasteiger partial charge in [-0.3, -0.25) is 9.48 Å². The number of nitrogens with zero attached hydrogens (tertiary/aromatic N) is 6. The van der Waals surface area contributed by atoms with Crippen LogP contribution in [0.5, 0.6) is 0 Å². The molecule has 0 aliphatic carbocycles. The number of hydrogen-bond donors (Lipinski definition) is 0. The average Bonchev–Trinajstić information content (AvgIpc) is 3.25. The Morgan fingerprint density at radius 3 is 2.79 bits per heavy atom. The minimum absolute atomic E-state index is 0.00197. The summed E-state index contributed by atoms with van der Waals surface area (Å²) >= 11 is 0. The molecule has 0 fully saturated rings. The van der Waals surface area contributed by atoms with Crippen LogP contribution in [0.4, 0.5) is 0 Å². The Labute approximate surface area is 164 Å². The SMILES string of the molecule is Cn1nc(-c2ccccc2)c2c1CCN(C(=O)C1CCc3ncnn3C1)CC2. The third-order valence-electron chi connectivity index (χ3n) is 6.04. The smallest absolute Gasteiger partial charge is 0.227 e. The molecule has 28 heavy (non-hydrogen) atoms. The van der Waals surface area contributed by atoms with E-state index in [0.717, 1.165) is 55.9 Å². The van der Waals surface area contributed by atoms with E-state index in [0.29, 0.717) is 6.54 Å². The van der Waals surface area contributed by atoms with Crippen molar-refractivity contribution in [2.75, 3.05) is 13.1 Å². The van der Waals surface area contributed by atoms with E-state index in [1.807, 2.05) is 39.5 Å². The maximum absolute atomic E-state index is 13.2. The molecule has 0 saturated heterocycles. The maximum atomic E-state index is 13.2. The first-order valence-corrected chi connectivity index (χ1v) is 9.96. The summed E-state index contributed by atoms with van der Waals surface area (Å²) in [5.74, 6) is 1.25. The summed E-state index contributed by atoms with van der Waals surface area (Å²) in [6.45, 7) is 2.15. The second-order valence-corrected chi connectivity index (χ2v) is 7.68. The summed E-state index contributed by atoms with van der Waals surface area (Å²) in [6, 6.07) is 10.3. The van der Waals surface area contributed by atoms with Crippen molar-refractivity contribution in [2.45, 2.75) is 32.2 Å². The Kier molecular flexibility index (Phi) is 4.22. The Bertz CT molecular complexity index is 1010. The van der Waals surface area contributed by atoms with E-state index >= 15 is 0 Å². The van der Waals surface area contributed by atoms with Gasteiger partial charge in [0.05, 0.1) is 18.2 Å². The van der Waals surface area contributed by atoms with Crippen molar-refractivity contribution in [2.24, 2.45) is 13.0 Å². The third kappa shape index (κ3) is 2.91. The molecule has 2 aliphatic heterocycles. The van der Waals surface area contributed by atoms with Gasteiger partial charge in [-0.15, -0.1) is 0 Å². The lowest BCUT2D eigenvalue weighted by atomic mass is 9.98. The van der Waals surface area contributed by atoms with Crippen LogP contribution in [-0.2, 0) is 37.6 Å². The number of carbonyl (C=O) groups is 1. The summed E-state index contributed by atoms with van der Waals surface area (Å²) in [4.78, 5) is 19.5. The molecule has 0 spiro atoms. The molecule has 1 aromatic carbocycles. The minimum atomic E-state index is 0.00197. The lowest BCUT2D eigenvalue weighted by molar-refractivity contribution is -0.136. The zero-order chi connectivity index (χ0) is 19.1. The predicted octanol–water partition coefficient (Wildman–Crippen LogP) is 1.87. The van der Waals surface area contributed by atoms with Gasteiger partial charge in [-0.05, 0) is 12.8 Å². The molecule has 0 bridgehead atoms. The molecule has 0 saturated carbocycles. The average molecular weight is 376 g/mol. The highest BCUT2D eigenvalue weighted by atomic mass is 16.2. The van der Waals surface area contributed by atoms with Gasteiger partial charge in [0.2, 0.25) is 5.91 Å². The van der Waals surface area contributed by atoms with Gasteiger partial charge in [0.15, 0.2) is 0 Å². The van der Waals surface area contributed by atoms with Gasteiger partial charge < -0.3 is 4.90 Å². The third-order valence-corrected chi connectivity index (χ3v) is 6.04. The fourth-order valence-electron chi connectivity index (χ4n) is 4.52. The molecule has 1 unspecified atom stereocenters. The zero-order valence-electron chi connectivity index (χ0n) is 16.1. The predicted molar refractivity (Wildman–Crippen MR) is 104 cm³/mol. The van der Waals surface area contributed by atoms with E-state index < -0.39 is 0 Å². The van der Waals surface area contributed by atoms with E-state index in [2.05, 4.69) is 22.2 Å². The molecule has 5 rings (SSSR count). The van der Waals surface area contributed by atoms with Crippen molar-refractivity contribution in [1.29, 1.82) is 0 Å². The van der Waals surface area contributed by atoms with Gasteiger partial charge in [-0.2, -0.15) is 10.2 Å². The number of rotatable bonds is 2. The van der Waals surface area contributed by atoms with Crippen LogP contribution in [0.15, 0.2) is 36.7 Å². The monoisotopic (exact) mass is 376 g/mol. The Balaban J connectivity index is 1.35. The standard InChI is InChI=1S/C21H24N6O/c1-25-18-10-12-26(21(28)16-7-8-19-22-14-23-27(19)13-16)11-9-17(18)20(24-25)15-5-3-2-4-6-15/h2-6,14,16H,7-13H2,1H3. The maximum Gasteiger partial charge on any atom is 0.227 e. The summed E-state index contributed by atoms with van der Waals surface area (Å²) in [6.07, 6.45) is 4.96. The fraction of sp³-hybridized carbons (Fsp3) is 0.429. The number of aryl methyl sites for hydroxylation is 2. The summed E-state index contributed by atoms with van der Waals surface area (Å²) in [5.41, 5.74) is 4.73. The number of aromatic nitrogens is 5. The molecule has 1 atom stereocenters. The van der Waals surface area contributed by atoms with Crippen molar-refractivity contribution < 1.29 is 4.79 Å². The van der Waals surface area contributed by atoms with E-state index in [4.69, 9.17) is 5.10 Å². The minimum Gasteiger partial charge on any atom is -0.342 e. The molecule has 4 heterocycles. The highest BCUT2D eigenvalue weighted by Crippen LogP contribution is 2.29. The van der Waals surface area contributed by atoms with Crippen molar-refractivity contribution in [3.8, 4) is 11.3 Å². The number of fused-ring (bicyclic) bond motifs is 2. The number of hydrogen-bond acceptors (Lipinski definition) is 4. The molecule has 3 aromatic rings. The van der Waals surface area contributed by atoms with Crippen molar-refractivity contribution in [3.63, 3.8) is 0 Å². The van der Waals surface area contributed by atoms with Crippen LogP contribution < -0.4 is 0 Å². The van der Waals surface area contributed by atoms with Crippen LogP contribution in [-0.4, -0.2) is 48.4 Å². The van der Waals surface area contributed by atoms with Gasteiger partial charge in [-0.1, -0.05) is 30.3 Å². The molecule has 0 radical (unpaired) electrons. The summed E-state index contributed by atoms with van der Waals surface area (Å²) in [7, 11) is 2.01. The molecular formula is C21H24N6O. The molecule has 144 valence electrons. The fourth-order valence-corrected chi connectivity index (χ4v) is 4.52. The van der Waals surface area contributed by atoms with E-state index in [1.165, 1.54) is 11.3 Å². The van der Waals surface area contributed by atoms with Crippen LogP contribution in [0.3, 0.4) is 0 Å².